The third kappa shape index (κ3) is 3.16. The van der Waals surface area contributed by atoms with Crippen LogP contribution >= 0.6 is 11.3 Å². The van der Waals surface area contributed by atoms with Crippen LogP contribution in [0.15, 0.2) is 5.51 Å². The molecule has 0 radical (unpaired) electrons. The summed E-state index contributed by atoms with van der Waals surface area (Å²) >= 11 is 1.13. The molecular formula is C9H14N2O4S2. The molecule has 0 spiro atoms. The van der Waals surface area contributed by atoms with Gasteiger partial charge in [0.1, 0.15) is 5.00 Å². The van der Waals surface area contributed by atoms with Gasteiger partial charge in [0.25, 0.3) is 0 Å². The fourth-order valence-electron chi connectivity index (χ4n) is 0.948. The molecule has 0 saturated heterocycles. The summed E-state index contributed by atoms with van der Waals surface area (Å²) in [6.45, 7) is 3.29. The maximum absolute atomic E-state index is 11.5. The number of nitrogens with one attached hydrogen (secondary N) is 1. The second-order valence-corrected chi connectivity index (χ2v) is 7.72. The van der Waals surface area contributed by atoms with Crippen LogP contribution in [0.4, 0.5) is 5.00 Å². The number of hydrogen-bond acceptors (Lipinski definition) is 6. The van der Waals surface area contributed by atoms with Gasteiger partial charge < -0.3 is 10.4 Å². The summed E-state index contributed by atoms with van der Waals surface area (Å²) in [5.74, 6) is -1.13. The molecule has 0 aromatic carbocycles. The Kier molecular flexibility index (Phi) is 3.78. The van der Waals surface area contributed by atoms with Gasteiger partial charge >= 0.3 is 5.97 Å². The van der Waals surface area contributed by atoms with E-state index in [0.29, 0.717) is 5.00 Å². The van der Waals surface area contributed by atoms with Crippen LogP contribution in [0.1, 0.15) is 24.3 Å². The Morgan fingerprint density at radius 3 is 2.65 bits per heavy atom. The molecule has 0 aliphatic carbocycles. The second-order valence-electron chi connectivity index (χ2n) is 4.22. The molecule has 6 nitrogen and oxygen atoms in total. The van der Waals surface area contributed by atoms with Crippen molar-refractivity contribution >= 4 is 32.1 Å². The van der Waals surface area contributed by atoms with Gasteiger partial charge in [0.2, 0.25) is 0 Å². The monoisotopic (exact) mass is 278 g/mol. The van der Waals surface area contributed by atoms with Crippen LogP contribution in [-0.2, 0) is 9.84 Å². The maximum atomic E-state index is 11.5. The van der Waals surface area contributed by atoms with Crippen LogP contribution < -0.4 is 5.32 Å². The van der Waals surface area contributed by atoms with Gasteiger partial charge in [-0.1, -0.05) is 0 Å². The van der Waals surface area contributed by atoms with Gasteiger partial charge in [-0.2, -0.15) is 0 Å². The van der Waals surface area contributed by atoms with E-state index in [4.69, 9.17) is 5.11 Å². The molecule has 1 aromatic heterocycles. The van der Waals surface area contributed by atoms with Gasteiger partial charge in [-0.05, 0) is 13.8 Å². The summed E-state index contributed by atoms with van der Waals surface area (Å²) in [5, 5.41) is 12.0. The summed E-state index contributed by atoms with van der Waals surface area (Å²) in [4.78, 5) is 14.5. The normalized spacial score (nSPS) is 12.4. The van der Waals surface area contributed by atoms with E-state index in [2.05, 4.69) is 10.3 Å². The number of anilines is 1. The maximum Gasteiger partial charge on any atom is 0.357 e. The lowest BCUT2D eigenvalue weighted by molar-refractivity contribution is 0.0692. The standard InChI is InChI=1S/C9H14N2O4S2/c1-9(2,17(3,14)15)4-10-7-6(8(12)13)11-5-16-7/h5,10H,4H2,1-3H3,(H,12,13). The van der Waals surface area contributed by atoms with Crippen molar-refractivity contribution in [3.63, 3.8) is 0 Å². The minimum absolute atomic E-state index is 0.0840. The SMILES string of the molecule is CC(C)(CNc1scnc1C(=O)O)S(C)(=O)=O. The van der Waals surface area contributed by atoms with Crippen LogP contribution in [0.2, 0.25) is 0 Å². The molecule has 96 valence electrons. The number of hydrogen-bond donors (Lipinski definition) is 2. The highest BCUT2D eigenvalue weighted by Crippen LogP contribution is 2.23. The van der Waals surface area contributed by atoms with Crippen molar-refractivity contribution in [2.24, 2.45) is 0 Å². The van der Waals surface area contributed by atoms with Crippen molar-refractivity contribution in [2.75, 3.05) is 18.1 Å². The highest BCUT2D eigenvalue weighted by molar-refractivity contribution is 7.92. The van der Waals surface area contributed by atoms with E-state index in [1.807, 2.05) is 0 Å². The van der Waals surface area contributed by atoms with Crippen LogP contribution in [0, 0.1) is 0 Å². The fourth-order valence-corrected chi connectivity index (χ4v) is 1.95. The first-order chi connectivity index (χ1) is 7.65. The van der Waals surface area contributed by atoms with Gasteiger partial charge in [0, 0.05) is 12.8 Å². The van der Waals surface area contributed by atoms with Gasteiger partial charge in [-0.3, -0.25) is 0 Å². The van der Waals surface area contributed by atoms with Gasteiger partial charge in [-0.25, -0.2) is 18.2 Å². The van der Waals surface area contributed by atoms with Gasteiger partial charge in [0.05, 0.1) is 10.3 Å². The molecule has 8 heteroatoms. The highest BCUT2D eigenvalue weighted by Gasteiger charge is 2.30. The number of carboxylic acids is 1. The number of carbonyl (C=O) groups is 1. The highest BCUT2D eigenvalue weighted by atomic mass is 32.2. The fraction of sp³-hybridized carbons (Fsp3) is 0.556. The van der Waals surface area contributed by atoms with Crippen molar-refractivity contribution in [3.05, 3.63) is 11.2 Å². The predicted octanol–water partition coefficient (Wildman–Crippen LogP) is 1.08. The number of aromatic nitrogens is 1. The zero-order chi connectivity index (χ0) is 13.3. The van der Waals surface area contributed by atoms with Crippen LogP contribution in [0.3, 0.4) is 0 Å². The molecule has 17 heavy (non-hydrogen) atoms. The molecule has 2 N–H and O–H groups in total. The van der Waals surface area contributed by atoms with E-state index in [-0.39, 0.29) is 12.2 Å². The number of rotatable bonds is 5. The first-order valence-electron chi connectivity index (χ1n) is 4.75. The molecule has 0 amide bonds. The molecule has 0 aliphatic heterocycles. The average Bonchev–Trinajstić information content (AvgIpc) is 2.60. The summed E-state index contributed by atoms with van der Waals surface area (Å²) < 4.78 is 22.0. The Bertz CT molecular complexity index is 519. The third-order valence-electron chi connectivity index (χ3n) is 2.45. The lowest BCUT2D eigenvalue weighted by atomic mass is 10.2. The first-order valence-corrected chi connectivity index (χ1v) is 7.52. The number of carboxylic acid groups (broad SMARTS) is 1. The smallest absolute Gasteiger partial charge is 0.357 e. The molecular weight excluding hydrogens is 264 g/mol. The molecule has 1 heterocycles. The van der Waals surface area contributed by atoms with Crippen molar-refractivity contribution in [1.29, 1.82) is 0 Å². The number of sulfone groups is 1. The lowest BCUT2D eigenvalue weighted by Crippen LogP contribution is -2.38. The zero-order valence-corrected chi connectivity index (χ0v) is 11.4. The largest absolute Gasteiger partial charge is 0.476 e. The Balaban J connectivity index is 2.81. The minimum atomic E-state index is -3.21. The summed E-state index contributed by atoms with van der Waals surface area (Å²) in [7, 11) is -3.21. The summed E-state index contributed by atoms with van der Waals surface area (Å²) in [6, 6.07) is 0. The first kappa shape index (κ1) is 13.9. The quantitative estimate of drug-likeness (QED) is 0.836. The average molecular weight is 278 g/mol. The van der Waals surface area contributed by atoms with Crippen molar-refractivity contribution in [1.82, 2.24) is 4.98 Å². The van der Waals surface area contributed by atoms with Crippen molar-refractivity contribution < 1.29 is 18.3 Å². The predicted molar refractivity (Wildman–Crippen MR) is 66.5 cm³/mol. The topological polar surface area (TPSA) is 96.4 Å². The van der Waals surface area contributed by atoms with E-state index >= 15 is 0 Å². The molecule has 0 saturated carbocycles. The van der Waals surface area contributed by atoms with E-state index in [9.17, 15) is 13.2 Å². The molecule has 0 unspecified atom stereocenters. The Morgan fingerprint density at radius 1 is 1.59 bits per heavy atom. The number of aromatic carboxylic acids is 1. The van der Waals surface area contributed by atoms with Crippen molar-refractivity contribution in [2.45, 2.75) is 18.6 Å². The van der Waals surface area contributed by atoms with Crippen LogP contribution in [0.5, 0.6) is 0 Å². The van der Waals surface area contributed by atoms with E-state index in [0.717, 1.165) is 17.6 Å². The van der Waals surface area contributed by atoms with E-state index in [1.165, 1.54) is 5.51 Å². The molecule has 0 fully saturated rings. The van der Waals surface area contributed by atoms with E-state index in [1.54, 1.807) is 13.8 Å². The molecule has 0 atom stereocenters. The molecule has 1 rings (SSSR count). The number of thiazole rings is 1. The van der Waals surface area contributed by atoms with Crippen LogP contribution in [0.25, 0.3) is 0 Å². The van der Waals surface area contributed by atoms with Gasteiger partial charge in [-0.15, -0.1) is 11.3 Å². The Labute approximate surface area is 104 Å². The summed E-state index contributed by atoms with van der Waals surface area (Å²) in [5.41, 5.74) is 1.32. The number of nitrogens with zero attached hydrogens (tertiary/aromatic N) is 1. The van der Waals surface area contributed by atoms with Crippen LogP contribution in [-0.4, -0.2) is 42.0 Å². The minimum Gasteiger partial charge on any atom is -0.476 e. The third-order valence-corrected chi connectivity index (χ3v) is 5.38. The summed E-state index contributed by atoms with van der Waals surface area (Å²) in [6.07, 6.45) is 1.15. The lowest BCUT2D eigenvalue weighted by Gasteiger charge is -2.22. The van der Waals surface area contributed by atoms with E-state index < -0.39 is 20.6 Å². The molecule has 0 bridgehead atoms. The zero-order valence-electron chi connectivity index (χ0n) is 9.72. The Hall–Kier alpha value is -1.15. The molecule has 0 aliphatic rings. The van der Waals surface area contributed by atoms with Gasteiger partial charge in [0.15, 0.2) is 15.5 Å². The Morgan fingerprint density at radius 2 is 2.18 bits per heavy atom. The second kappa shape index (κ2) is 4.61. The molecule has 1 aromatic rings. The van der Waals surface area contributed by atoms with Crippen molar-refractivity contribution in [3.8, 4) is 0 Å².